The second kappa shape index (κ2) is 13.4. The Kier molecular flexibility index (Phi) is 7.85. The molecule has 0 aliphatic heterocycles. The van der Waals surface area contributed by atoms with Crippen LogP contribution >= 0.6 is 0 Å². The van der Waals surface area contributed by atoms with E-state index >= 15 is 0 Å². The van der Waals surface area contributed by atoms with Crippen molar-refractivity contribution in [3.63, 3.8) is 0 Å². The fourth-order valence-electron chi connectivity index (χ4n) is 7.99. The minimum atomic E-state index is 0.871. The number of hydrogen-bond acceptors (Lipinski definition) is 2. The zero-order valence-electron chi connectivity index (χ0n) is 29.6. The van der Waals surface area contributed by atoms with Gasteiger partial charge in [-0.15, -0.1) is 0 Å². The Morgan fingerprint density at radius 3 is 1.63 bits per heavy atom. The van der Waals surface area contributed by atoms with Gasteiger partial charge in [-0.25, -0.2) is 0 Å². The number of hydrogen-bond donors (Lipinski definition) is 0. The van der Waals surface area contributed by atoms with Gasteiger partial charge >= 0.3 is 0 Å². The lowest BCUT2D eigenvalue weighted by molar-refractivity contribution is 0.669. The molecule has 1 aromatic heterocycles. The van der Waals surface area contributed by atoms with Crippen LogP contribution in [0.5, 0.6) is 0 Å². The van der Waals surface area contributed by atoms with Gasteiger partial charge in [0.2, 0.25) is 0 Å². The molecule has 10 rings (SSSR count). The van der Waals surface area contributed by atoms with Crippen molar-refractivity contribution < 1.29 is 4.42 Å². The zero-order chi connectivity index (χ0) is 35.8. The zero-order valence-corrected chi connectivity index (χ0v) is 29.6. The van der Waals surface area contributed by atoms with Crippen molar-refractivity contribution in [2.24, 2.45) is 0 Å². The van der Waals surface area contributed by atoms with E-state index in [2.05, 4.69) is 205 Å². The molecule has 9 aromatic carbocycles. The van der Waals surface area contributed by atoms with Crippen LogP contribution in [0.15, 0.2) is 217 Å². The molecule has 0 aliphatic carbocycles. The van der Waals surface area contributed by atoms with Crippen molar-refractivity contribution in [3.8, 4) is 44.5 Å². The number of furan rings is 1. The lowest BCUT2D eigenvalue weighted by atomic mass is 9.84. The molecule has 0 bridgehead atoms. The molecule has 0 saturated carbocycles. The third-order valence-corrected chi connectivity index (χ3v) is 10.5. The van der Waals surface area contributed by atoms with E-state index in [-0.39, 0.29) is 0 Å². The van der Waals surface area contributed by atoms with Crippen LogP contribution in [0.4, 0.5) is 17.1 Å². The first-order chi connectivity index (χ1) is 26.8. The van der Waals surface area contributed by atoms with Gasteiger partial charge in [0.1, 0.15) is 11.2 Å². The fourth-order valence-corrected chi connectivity index (χ4v) is 7.99. The Morgan fingerprint density at radius 2 is 0.870 bits per heavy atom. The van der Waals surface area contributed by atoms with Gasteiger partial charge in [-0.3, -0.25) is 0 Å². The lowest BCUT2D eigenvalue weighted by Gasteiger charge is -2.27. The molecule has 0 unspecified atom stereocenters. The van der Waals surface area contributed by atoms with Crippen molar-refractivity contribution in [3.05, 3.63) is 212 Å². The quantitative estimate of drug-likeness (QED) is 0.166. The third kappa shape index (κ3) is 5.53. The molecule has 0 amide bonds. The highest BCUT2D eigenvalue weighted by Crippen LogP contribution is 2.46. The first-order valence-corrected chi connectivity index (χ1v) is 18.4. The van der Waals surface area contributed by atoms with Crippen LogP contribution < -0.4 is 4.90 Å². The molecule has 0 aliphatic rings. The van der Waals surface area contributed by atoms with Crippen LogP contribution in [0, 0.1) is 0 Å². The molecular formula is C52H35NO. The first kappa shape index (κ1) is 31.6. The van der Waals surface area contributed by atoms with Gasteiger partial charge in [0.25, 0.3) is 0 Å². The Bertz CT molecular complexity index is 2920. The van der Waals surface area contributed by atoms with Crippen LogP contribution in [0.3, 0.4) is 0 Å². The van der Waals surface area contributed by atoms with Crippen LogP contribution in [0.1, 0.15) is 0 Å². The number of fused-ring (bicyclic) bond motifs is 4. The summed E-state index contributed by atoms with van der Waals surface area (Å²) in [6.45, 7) is 0. The highest BCUT2D eigenvalue weighted by atomic mass is 16.3. The molecule has 54 heavy (non-hydrogen) atoms. The Labute approximate surface area is 314 Å². The van der Waals surface area contributed by atoms with Gasteiger partial charge in [-0.2, -0.15) is 0 Å². The standard InChI is InChI=1S/C52H35NO/c1-3-16-37(17-4-1)43-21-9-10-22-46(43)51-44(38-18-5-2-6-19-38)24-13-25-45(51)39-30-32-41(33-31-39)53(42-34-29-36-15-7-8-20-40(36)35-42)48-26-14-28-50-52(48)47-23-11-12-27-49(47)54-50/h1-35H. The van der Waals surface area contributed by atoms with Crippen molar-refractivity contribution in [2.45, 2.75) is 0 Å². The summed E-state index contributed by atoms with van der Waals surface area (Å²) in [6.07, 6.45) is 0. The SMILES string of the molecule is c1ccc(-c2ccccc2-c2c(-c3ccccc3)cccc2-c2ccc(N(c3ccc4ccccc4c3)c3cccc4oc5ccccc5c34)cc2)cc1. The Balaban J connectivity index is 1.17. The van der Waals surface area contributed by atoms with Crippen molar-refractivity contribution in [1.82, 2.24) is 0 Å². The number of anilines is 3. The van der Waals surface area contributed by atoms with Crippen molar-refractivity contribution in [1.29, 1.82) is 0 Å². The monoisotopic (exact) mass is 689 g/mol. The van der Waals surface area contributed by atoms with E-state index in [9.17, 15) is 0 Å². The molecule has 254 valence electrons. The molecule has 0 fully saturated rings. The van der Waals surface area contributed by atoms with Crippen molar-refractivity contribution >= 4 is 49.8 Å². The molecule has 0 radical (unpaired) electrons. The van der Waals surface area contributed by atoms with Gasteiger partial charge in [0.05, 0.1) is 11.1 Å². The number of nitrogens with zero attached hydrogens (tertiary/aromatic N) is 1. The topological polar surface area (TPSA) is 16.4 Å². The van der Waals surface area contributed by atoms with E-state index in [0.29, 0.717) is 0 Å². The van der Waals surface area contributed by atoms with Crippen molar-refractivity contribution in [2.75, 3.05) is 4.90 Å². The molecule has 0 saturated heterocycles. The summed E-state index contributed by atoms with van der Waals surface area (Å²) >= 11 is 0. The Hall–Kier alpha value is -7.16. The molecule has 0 spiro atoms. The maximum Gasteiger partial charge on any atom is 0.137 e. The summed E-state index contributed by atoms with van der Waals surface area (Å²) in [6, 6.07) is 75.9. The van der Waals surface area contributed by atoms with E-state index in [0.717, 1.165) is 44.6 Å². The van der Waals surface area contributed by atoms with Gasteiger partial charge in [0, 0.05) is 16.8 Å². The summed E-state index contributed by atoms with van der Waals surface area (Å²) in [5.74, 6) is 0. The minimum Gasteiger partial charge on any atom is -0.456 e. The average molecular weight is 690 g/mol. The maximum atomic E-state index is 6.38. The summed E-state index contributed by atoms with van der Waals surface area (Å²) in [4.78, 5) is 2.37. The summed E-state index contributed by atoms with van der Waals surface area (Å²) < 4.78 is 6.38. The van der Waals surface area contributed by atoms with Crippen LogP contribution in [0.25, 0.3) is 77.2 Å². The normalized spacial score (nSPS) is 11.3. The van der Waals surface area contributed by atoms with Crippen LogP contribution in [0.2, 0.25) is 0 Å². The van der Waals surface area contributed by atoms with E-state index in [4.69, 9.17) is 4.42 Å². The van der Waals surface area contributed by atoms with Crippen LogP contribution in [-0.4, -0.2) is 0 Å². The molecule has 2 nitrogen and oxygen atoms in total. The fraction of sp³-hybridized carbons (Fsp3) is 0. The Morgan fingerprint density at radius 1 is 0.333 bits per heavy atom. The summed E-state index contributed by atoms with van der Waals surface area (Å²) in [7, 11) is 0. The predicted molar refractivity (Wildman–Crippen MR) is 228 cm³/mol. The van der Waals surface area contributed by atoms with Crippen LogP contribution in [-0.2, 0) is 0 Å². The second-order valence-electron chi connectivity index (χ2n) is 13.7. The molecule has 2 heteroatoms. The predicted octanol–water partition coefficient (Wildman–Crippen LogP) is 14.9. The lowest BCUT2D eigenvalue weighted by Crippen LogP contribution is -2.10. The van der Waals surface area contributed by atoms with Gasteiger partial charge in [-0.05, 0) is 97.7 Å². The maximum absolute atomic E-state index is 6.38. The smallest absolute Gasteiger partial charge is 0.137 e. The largest absolute Gasteiger partial charge is 0.456 e. The van der Waals surface area contributed by atoms with Gasteiger partial charge in [0.15, 0.2) is 0 Å². The number of para-hydroxylation sites is 1. The van der Waals surface area contributed by atoms with Gasteiger partial charge in [-0.1, -0.05) is 170 Å². The number of rotatable bonds is 7. The van der Waals surface area contributed by atoms with E-state index in [1.807, 2.05) is 12.1 Å². The third-order valence-electron chi connectivity index (χ3n) is 10.5. The van der Waals surface area contributed by atoms with E-state index < -0.39 is 0 Å². The molecule has 0 atom stereocenters. The van der Waals surface area contributed by atoms with Gasteiger partial charge < -0.3 is 9.32 Å². The molecule has 10 aromatic rings. The highest BCUT2D eigenvalue weighted by molar-refractivity contribution is 6.13. The summed E-state index contributed by atoms with van der Waals surface area (Å²) in [5.41, 5.74) is 14.6. The minimum absolute atomic E-state index is 0.871. The first-order valence-electron chi connectivity index (χ1n) is 18.4. The molecular weight excluding hydrogens is 655 g/mol. The summed E-state index contributed by atoms with van der Waals surface area (Å²) in [5, 5.41) is 4.61. The highest BCUT2D eigenvalue weighted by Gasteiger charge is 2.21. The number of benzene rings is 9. The average Bonchev–Trinajstić information content (AvgIpc) is 3.64. The molecule has 0 N–H and O–H groups in total. The second-order valence-corrected chi connectivity index (χ2v) is 13.7. The molecule has 1 heterocycles. The van der Waals surface area contributed by atoms with E-state index in [1.165, 1.54) is 49.7 Å². The van der Waals surface area contributed by atoms with E-state index in [1.54, 1.807) is 0 Å².